The topological polar surface area (TPSA) is 47.6 Å². The Morgan fingerprint density at radius 2 is 2.00 bits per heavy atom. The number of carbonyl (C=O) groups is 1. The summed E-state index contributed by atoms with van der Waals surface area (Å²) in [6, 6.07) is 8.71. The maximum absolute atomic E-state index is 11.0. The van der Waals surface area contributed by atoms with Gasteiger partial charge in [-0.15, -0.1) is 0 Å². The highest BCUT2D eigenvalue weighted by Crippen LogP contribution is 2.12. The first-order valence-corrected chi connectivity index (χ1v) is 6.66. The molecule has 4 heteroatoms. The van der Waals surface area contributed by atoms with Gasteiger partial charge < -0.3 is 14.8 Å². The lowest BCUT2D eigenvalue weighted by Gasteiger charge is -2.14. The first kappa shape index (κ1) is 15.7. The Bertz CT molecular complexity index is 375. The molecular weight excluding hydrogens is 242 g/mol. The van der Waals surface area contributed by atoms with Gasteiger partial charge in [-0.25, -0.2) is 4.79 Å². The molecule has 106 valence electrons. The van der Waals surface area contributed by atoms with Crippen LogP contribution in [0.1, 0.15) is 31.0 Å². The third-order valence-electron chi connectivity index (χ3n) is 2.80. The van der Waals surface area contributed by atoms with Crippen LogP contribution in [0, 0.1) is 6.92 Å². The SMILES string of the molecule is CCOC(=O)COCCN[C@H](C)c1ccc(C)cc1. The van der Waals surface area contributed by atoms with Crippen LogP contribution >= 0.6 is 0 Å². The van der Waals surface area contributed by atoms with Gasteiger partial charge in [0.05, 0.1) is 13.2 Å². The molecule has 0 aliphatic heterocycles. The zero-order valence-corrected chi connectivity index (χ0v) is 11.9. The van der Waals surface area contributed by atoms with Crippen LogP contribution in [-0.4, -0.2) is 32.3 Å². The number of benzene rings is 1. The molecule has 1 aromatic carbocycles. The van der Waals surface area contributed by atoms with Gasteiger partial charge in [-0.3, -0.25) is 0 Å². The molecule has 0 aliphatic rings. The molecule has 0 saturated carbocycles. The molecule has 1 rings (SSSR count). The van der Waals surface area contributed by atoms with Gasteiger partial charge in [0.2, 0.25) is 0 Å². The number of carbonyl (C=O) groups excluding carboxylic acids is 1. The fraction of sp³-hybridized carbons (Fsp3) is 0.533. The summed E-state index contributed by atoms with van der Waals surface area (Å²) in [5.41, 5.74) is 2.50. The van der Waals surface area contributed by atoms with E-state index in [1.165, 1.54) is 11.1 Å². The standard InChI is InChI=1S/C15H23NO3/c1-4-19-15(17)11-18-10-9-16-13(3)14-7-5-12(2)6-8-14/h5-8,13,16H,4,9-11H2,1-3H3/t13-/m1/s1. The minimum absolute atomic E-state index is 0.0223. The van der Waals surface area contributed by atoms with Crippen molar-refractivity contribution in [1.29, 1.82) is 0 Å². The van der Waals surface area contributed by atoms with E-state index in [0.717, 1.165) is 0 Å². The number of ether oxygens (including phenoxy) is 2. The Morgan fingerprint density at radius 3 is 2.63 bits per heavy atom. The molecular formula is C15H23NO3. The van der Waals surface area contributed by atoms with E-state index in [2.05, 4.69) is 43.4 Å². The van der Waals surface area contributed by atoms with Gasteiger partial charge >= 0.3 is 5.97 Å². The van der Waals surface area contributed by atoms with Gasteiger partial charge in [0, 0.05) is 12.6 Å². The normalized spacial score (nSPS) is 12.2. The molecule has 1 atom stereocenters. The van der Waals surface area contributed by atoms with E-state index in [4.69, 9.17) is 9.47 Å². The molecule has 0 heterocycles. The lowest BCUT2D eigenvalue weighted by Crippen LogP contribution is -2.24. The van der Waals surface area contributed by atoms with Crippen LogP contribution in [0.3, 0.4) is 0 Å². The molecule has 0 spiro atoms. The summed E-state index contributed by atoms with van der Waals surface area (Å²) in [6.45, 7) is 7.58. The average molecular weight is 265 g/mol. The van der Waals surface area contributed by atoms with Gasteiger partial charge in [0.25, 0.3) is 0 Å². The van der Waals surface area contributed by atoms with Crippen molar-refractivity contribution in [3.8, 4) is 0 Å². The zero-order chi connectivity index (χ0) is 14.1. The van der Waals surface area contributed by atoms with Crippen LogP contribution in [0.5, 0.6) is 0 Å². The van der Waals surface area contributed by atoms with Crippen LogP contribution in [-0.2, 0) is 14.3 Å². The van der Waals surface area contributed by atoms with E-state index in [0.29, 0.717) is 19.8 Å². The summed E-state index contributed by atoms with van der Waals surface area (Å²) in [5, 5.41) is 3.35. The Labute approximate surface area is 115 Å². The minimum Gasteiger partial charge on any atom is -0.464 e. The molecule has 0 aliphatic carbocycles. The van der Waals surface area contributed by atoms with Crippen molar-refractivity contribution in [2.24, 2.45) is 0 Å². The molecule has 1 aromatic rings. The lowest BCUT2D eigenvalue weighted by atomic mass is 10.1. The summed E-state index contributed by atoms with van der Waals surface area (Å²) in [4.78, 5) is 11.0. The van der Waals surface area contributed by atoms with Crippen LogP contribution in [0.25, 0.3) is 0 Å². The predicted molar refractivity (Wildman–Crippen MR) is 75.0 cm³/mol. The van der Waals surface area contributed by atoms with E-state index in [9.17, 15) is 4.79 Å². The maximum atomic E-state index is 11.0. The van der Waals surface area contributed by atoms with E-state index in [1.54, 1.807) is 6.92 Å². The van der Waals surface area contributed by atoms with Crippen molar-refractivity contribution >= 4 is 5.97 Å². The highest BCUT2D eigenvalue weighted by atomic mass is 16.6. The molecule has 4 nitrogen and oxygen atoms in total. The van der Waals surface area contributed by atoms with Crippen LogP contribution < -0.4 is 5.32 Å². The van der Waals surface area contributed by atoms with Crippen molar-refractivity contribution < 1.29 is 14.3 Å². The third-order valence-corrected chi connectivity index (χ3v) is 2.80. The van der Waals surface area contributed by atoms with Crippen molar-refractivity contribution in [3.05, 3.63) is 35.4 Å². The molecule has 1 N–H and O–H groups in total. The molecule has 0 fully saturated rings. The van der Waals surface area contributed by atoms with E-state index >= 15 is 0 Å². The Morgan fingerprint density at radius 1 is 1.32 bits per heavy atom. The number of nitrogens with one attached hydrogen (secondary N) is 1. The summed E-state index contributed by atoms with van der Waals surface area (Å²) in [7, 11) is 0. The smallest absolute Gasteiger partial charge is 0.332 e. The van der Waals surface area contributed by atoms with Crippen LogP contribution in [0.2, 0.25) is 0 Å². The molecule has 0 aromatic heterocycles. The maximum Gasteiger partial charge on any atom is 0.332 e. The number of hydrogen-bond donors (Lipinski definition) is 1. The largest absolute Gasteiger partial charge is 0.464 e. The Kier molecular flexibility index (Phi) is 7.15. The van der Waals surface area contributed by atoms with Gasteiger partial charge in [-0.2, -0.15) is 0 Å². The summed E-state index contributed by atoms with van der Waals surface area (Å²) >= 11 is 0. The van der Waals surface area contributed by atoms with Crippen molar-refractivity contribution in [3.63, 3.8) is 0 Å². The van der Waals surface area contributed by atoms with Gasteiger partial charge in [0.15, 0.2) is 0 Å². The molecule has 0 radical (unpaired) electrons. The average Bonchev–Trinajstić information content (AvgIpc) is 2.39. The predicted octanol–water partition coefficient (Wildman–Crippen LogP) is 2.23. The minimum atomic E-state index is -0.311. The molecule has 0 amide bonds. The Balaban J connectivity index is 2.15. The van der Waals surface area contributed by atoms with E-state index in [-0.39, 0.29) is 18.6 Å². The highest BCUT2D eigenvalue weighted by Gasteiger charge is 2.04. The van der Waals surface area contributed by atoms with E-state index in [1.807, 2.05) is 0 Å². The second kappa shape index (κ2) is 8.67. The van der Waals surface area contributed by atoms with Gasteiger partial charge in [0.1, 0.15) is 6.61 Å². The van der Waals surface area contributed by atoms with Crippen LogP contribution in [0.15, 0.2) is 24.3 Å². The van der Waals surface area contributed by atoms with Gasteiger partial charge in [-0.05, 0) is 26.3 Å². The number of hydrogen-bond acceptors (Lipinski definition) is 4. The van der Waals surface area contributed by atoms with Gasteiger partial charge in [-0.1, -0.05) is 29.8 Å². The molecule has 0 saturated heterocycles. The monoisotopic (exact) mass is 265 g/mol. The number of aryl methyl sites for hydroxylation is 1. The second-order valence-electron chi connectivity index (χ2n) is 4.44. The molecule has 0 unspecified atom stereocenters. The first-order chi connectivity index (χ1) is 9.13. The van der Waals surface area contributed by atoms with Crippen molar-refractivity contribution in [2.75, 3.05) is 26.4 Å². The Hall–Kier alpha value is -1.39. The lowest BCUT2D eigenvalue weighted by molar-refractivity contribution is -0.148. The van der Waals surface area contributed by atoms with Crippen molar-refractivity contribution in [1.82, 2.24) is 5.32 Å². The molecule has 19 heavy (non-hydrogen) atoms. The fourth-order valence-electron chi connectivity index (χ4n) is 1.68. The highest BCUT2D eigenvalue weighted by molar-refractivity contribution is 5.70. The first-order valence-electron chi connectivity index (χ1n) is 6.66. The second-order valence-corrected chi connectivity index (χ2v) is 4.44. The molecule has 0 bridgehead atoms. The number of rotatable bonds is 8. The van der Waals surface area contributed by atoms with E-state index < -0.39 is 0 Å². The third kappa shape index (κ3) is 6.36. The summed E-state index contributed by atoms with van der Waals surface area (Å²) < 4.78 is 9.98. The summed E-state index contributed by atoms with van der Waals surface area (Å²) in [5.74, 6) is -0.311. The summed E-state index contributed by atoms with van der Waals surface area (Å²) in [6.07, 6.45) is 0. The quantitative estimate of drug-likeness (QED) is 0.578. The number of esters is 1. The van der Waals surface area contributed by atoms with Crippen LogP contribution in [0.4, 0.5) is 0 Å². The van der Waals surface area contributed by atoms with Crippen molar-refractivity contribution in [2.45, 2.75) is 26.8 Å². The zero-order valence-electron chi connectivity index (χ0n) is 11.9. The fourth-order valence-corrected chi connectivity index (χ4v) is 1.68.